The summed E-state index contributed by atoms with van der Waals surface area (Å²) in [5, 5.41) is 11.2. The maximum absolute atomic E-state index is 6.38. The predicted octanol–water partition coefficient (Wildman–Crippen LogP) is 7.89. The molecule has 0 aliphatic rings. The first-order valence-corrected chi connectivity index (χ1v) is 12.2. The Balaban J connectivity index is 1.66. The SMILES string of the molecule is CC(C)(C)c1ccc(-c2nnc(SCc3ccc(Cl)cc3Cl)n2Cc2ccccc2)cc1. The van der Waals surface area contributed by atoms with Crippen molar-refractivity contribution in [3.05, 3.63) is 99.5 Å². The molecule has 0 aliphatic carbocycles. The van der Waals surface area contributed by atoms with Crippen LogP contribution in [0.15, 0.2) is 78.0 Å². The molecule has 0 spiro atoms. The van der Waals surface area contributed by atoms with E-state index in [2.05, 4.69) is 84.1 Å². The maximum Gasteiger partial charge on any atom is 0.192 e. The Labute approximate surface area is 203 Å². The maximum atomic E-state index is 6.38. The smallest absolute Gasteiger partial charge is 0.192 e. The quantitative estimate of drug-likeness (QED) is 0.262. The summed E-state index contributed by atoms with van der Waals surface area (Å²) in [4.78, 5) is 0. The molecule has 0 atom stereocenters. The summed E-state index contributed by atoms with van der Waals surface area (Å²) in [5.74, 6) is 1.55. The van der Waals surface area contributed by atoms with Crippen LogP contribution in [0.4, 0.5) is 0 Å². The minimum atomic E-state index is 0.106. The molecule has 4 rings (SSSR count). The second kappa shape index (κ2) is 9.70. The largest absolute Gasteiger partial charge is 0.298 e. The number of hydrogen-bond donors (Lipinski definition) is 0. The van der Waals surface area contributed by atoms with E-state index in [4.69, 9.17) is 23.2 Å². The van der Waals surface area contributed by atoms with Gasteiger partial charge < -0.3 is 0 Å². The average molecular weight is 482 g/mol. The van der Waals surface area contributed by atoms with Gasteiger partial charge in [0.15, 0.2) is 11.0 Å². The number of nitrogens with zero attached hydrogens (tertiary/aromatic N) is 3. The van der Waals surface area contributed by atoms with Gasteiger partial charge in [-0.2, -0.15) is 0 Å². The number of benzene rings is 3. The van der Waals surface area contributed by atoms with Gasteiger partial charge in [-0.3, -0.25) is 4.57 Å². The molecule has 0 aliphatic heterocycles. The Hall–Kier alpha value is -2.27. The van der Waals surface area contributed by atoms with Gasteiger partial charge in [-0.1, -0.05) is 116 Å². The topological polar surface area (TPSA) is 30.7 Å². The van der Waals surface area contributed by atoms with Gasteiger partial charge in [0, 0.05) is 21.4 Å². The first-order chi connectivity index (χ1) is 15.3. The molecule has 0 unspecified atom stereocenters. The van der Waals surface area contributed by atoms with Crippen molar-refractivity contribution < 1.29 is 0 Å². The molecule has 0 fully saturated rings. The summed E-state index contributed by atoms with van der Waals surface area (Å²) in [5.41, 5.74) is 4.67. The van der Waals surface area contributed by atoms with Gasteiger partial charge in [-0.25, -0.2) is 0 Å². The zero-order valence-electron chi connectivity index (χ0n) is 18.3. The normalized spacial score (nSPS) is 11.7. The Bertz CT molecular complexity index is 1200. The molecule has 0 bridgehead atoms. The molecule has 3 aromatic carbocycles. The minimum Gasteiger partial charge on any atom is -0.298 e. The lowest BCUT2D eigenvalue weighted by atomic mass is 9.87. The molecule has 0 radical (unpaired) electrons. The molecule has 0 saturated carbocycles. The zero-order chi connectivity index (χ0) is 22.7. The summed E-state index contributed by atoms with van der Waals surface area (Å²) in [7, 11) is 0. The van der Waals surface area contributed by atoms with Crippen molar-refractivity contribution in [3.63, 3.8) is 0 Å². The van der Waals surface area contributed by atoms with Gasteiger partial charge in [-0.05, 0) is 34.2 Å². The number of aromatic nitrogens is 3. The van der Waals surface area contributed by atoms with E-state index in [-0.39, 0.29) is 5.41 Å². The average Bonchev–Trinajstić information content (AvgIpc) is 3.16. The van der Waals surface area contributed by atoms with E-state index in [1.54, 1.807) is 17.8 Å². The fraction of sp³-hybridized carbons (Fsp3) is 0.231. The summed E-state index contributed by atoms with van der Waals surface area (Å²) < 4.78 is 2.18. The first kappa shape index (κ1) is 22.9. The van der Waals surface area contributed by atoms with E-state index in [9.17, 15) is 0 Å². The lowest BCUT2D eigenvalue weighted by molar-refractivity contribution is 0.590. The molecular weight excluding hydrogens is 457 g/mol. The van der Waals surface area contributed by atoms with Crippen LogP contribution in [0.25, 0.3) is 11.4 Å². The molecule has 32 heavy (non-hydrogen) atoms. The monoisotopic (exact) mass is 481 g/mol. The molecule has 6 heteroatoms. The predicted molar refractivity (Wildman–Crippen MR) is 136 cm³/mol. The van der Waals surface area contributed by atoms with Crippen LogP contribution in [0.2, 0.25) is 10.0 Å². The van der Waals surface area contributed by atoms with Crippen LogP contribution in [-0.2, 0) is 17.7 Å². The van der Waals surface area contributed by atoms with Gasteiger partial charge in [0.05, 0.1) is 6.54 Å². The second-order valence-electron chi connectivity index (χ2n) is 8.73. The lowest BCUT2D eigenvalue weighted by Crippen LogP contribution is -2.10. The van der Waals surface area contributed by atoms with Crippen molar-refractivity contribution in [2.75, 3.05) is 0 Å². The van der Waals surface area contributed by atoms with E-state index in [1.807, 2.05) is 18.2 Å². The summed E-state index contributed by atoms with van der Waals surface area (Å²) in [6, 6.07) is 24.6. The van der Waals surface area contributed by atoms with Crippen LogP contribution in [0.1, 0.15) is 37.5 Å². The Morgan fingerprint density at radius 2 is 1.59 bits per heavy atom. The van der Waals surface area contributed by atoms with Crippen molar-refractivity contribution in [3.8, 4) is 11.4 Å². The number of hydrogen-bond acceptors (Lipinski definition) is 3. The van der Waals surface area contributed by atoms with Crippen molar-refractivity contribution >= 4 is 35.0 Å². The summed E-state index contributed by atoms with van der Waals surface area (Å²) >= 11 is 14.0. The highest BCUT2D eigenvalue weighted by atomic mass is 35.5. The third kappa shape index (κ3) is 5.37. The van der Waals surface area contributed by atoms with E-state index in [0.29, 0.717) is 22.3 Å². The zero-order valence-corrected chi connectivity index (χ0v) is 20.7. The van der Waals surface area contributed by atoms with Crippen molar-refractivity contribution in [1.82, 2.24) is 14.8 Å². The van der Waals surface area contributed by atoms with Gasteiger partial charge >= 0.3 is 0 Å². The van der Waals surface area contributed by atoms with Crippen LogP contribution in [0.5, 0.6) is 0 Å². The van der Waals surface area contributed by atoms with Crippen molar-refractivity contribution in [1.29, 1.82) is 0 Å². The lowest BCUT2D eigenvalue weighted by Gasteiger charge is -2.19. The molecule has 1 heterocycles. The number of thioether (sulfide) groups is 1. The molecular formula is C26H25Cl2N3S. The van der Waals surface area contributed by atoms with Crippen LogP contribution in [0, 0.1) is 0 Å². The minimum absolute atomic E-state index is 0.106. The van der Waals surface area contributed by atoms with Crippen molar-refractivity contribution in [2.45, 2.75) is 43.6 Å². The molecule has 0 saturated heterocycles. The van der Waals surface area contributed by atoms with Crippen LogP contribution in [0.3, 0.4) is 0 Å². The fourth-order valence-electron chi connectivity index (χ4n) is 3.42. The van der Waals surface area contributed by atoms with Crippen LogP contribution >= 0.6 is 35.0 Å². The van der Waals surface area contributed by atoms with Gasteiger partial charge in [0.2, 0.25) is 0 Å². The highest BCUT2D eigenvalue weighted by Gasteiger charge is 2.18. The van der Waals surface area contributed by atoms with Crippen LogP contribution in [-0.4, -0.2) is 14.8 Å². The molecule has 3 nitrogen and oxygen atoms in total. The van der Waals surface area contributed by atoms with Gasteiger partial charge in [0.25, 0.3) is 0 Å². The third-order valence-electron chi connectivity index (χ3n) is 5.28. The Kier molecular flexibility index (Phi) is 6.94. The highest BCUT2D eigenvalue weighted by Crippen LogP contribution is 2.31. The van der Waals surface area contributed by atoms with Gasteiger partial charge in [0.1, 0.15) is 0 Å². The van der Waals surface area contributed by atoms with E-state index < -0.39 is 0 Å². The number of halogens is 2. The molecule has 164 valence electrons. The van der Waals surface area contributed by atoms with E-state index in [1.165, 1.54) is 11.1 Å². The summed E-state index contributed by atoms with van der Waals surface area (Å²) in [6.07, 6.45) is 0. The Morgan fingerprint density at radius 3 is 2.25 bits per heavy atom. The fourth-order valence-corrected chi connectivity index (χ4v) is 4.91. The van der Waals surface area contributed by atoms with E-state index in [0.717, 1.165) is 22.1 Å². The second-order valence-corrected chi connectivity index (χ2v) is 10.5. The number of rotatable bonds is 6. The van der Waals surface area contributed by atoms with Crippen LogP contribution < -0.4 is 0 Å². The molecule has 4 aromatic rings. The third-order valence-corrected chi connectivity index (χ3v) is 6.88. The Morgan fingerprint density at radius 1 is 0.875 bits per heavy atom. The highest BCUT2D eigenvalue weighted by molar-refractivity contribution is 7.98. The van der Waals surface area contributed by atoms with E-state index >= 15 is 0 Å². The first-order valence-electron chi connectivity index (χ1n) is 10.5. The standard InChI is InChI=1S/C26H25Cl2N3S/c1-26(2,3)21-12-9-19(10-13-21)24-29-30-25(31(24)16-18-7-5-4-6-8-18)32-17-20-11-14-22(27)15-23(20)28/h4-15H,16-17H2,1-3H3. The molecule has 1 aromatic heterocycles. The molecule has 0 N–H and O–H groups in total. The van der Waals surface area contributed by atoms with Crippen molar-refractivity contribution in [2.24, 2.45) is 0 Å². The summed E-state index contributed by atoms with van der Waals surface area (Å²) in [6.45, 7) is 7.35. The molecule has 0 amide bonds. The van der Waals surface area contributed by atoms with Gasteiger partial charge in [-0.15, -0.1) is 10.2 Å².